The summed E-state index contributed by atoms with van der Waals surface area (Å²) in [5, 5.41) is 5.85. The molecule has 0 aliphatic carbocycles. The molecule has 0 fully saturated rings. The third-order valence-electron chi connectivity index (χ3n) is 5.66. The summed E-state index contributed by atoms with van der Waals surface area (Å²) in [6, 6.07) is 20.5. The molecule has 34 heavy (non-hydrogen) atoms. The summed E-state index contributed by atoms with van der Waals surface area (Å²) in [6.45, 7) is 4.28. The number of benzene rings is 3. The summed E-state index contributed by atoms with van der Waals surface area (Å²) in [7, 11) is 0. The maximum absolute atomic E-state index is 13.1. The van der Waals surface area contributed by atoms with E-state index in [-0.39, 0.29) is 23.5 Å². The van der Waals surface area contributed by atoms with Gasteiger partial charge in [0.15, 0.2) is 0 Å². The quantitative estimate of drug-likeness (QED) is 0.478. The van der Waals surface area contributed by atoms with E-state index in [9.17, 15) is 14.4 Å². The minimum absolute atomic E-state index is 0.0232. The Balaban J connectivity index is 1.42. The lowest BCUT2D eigenvalue weighted by Crippen LogP contribution is -2.33. The zero-order valence-electron chi connectivity index (χ0n) is 19.3. The molecule has 0 saturated carbocycles. The van der Waals surface area contributed by atoms with Crippen molar-refractivity contribution in [3.63, 3.8) is 0 Å². The molecular formula is C27H27N3O3S. The predicted octanol–water partition coefficient (Wildman–Crippen LogP) is 5.28. The fourth-order valence-electron chi connectivity index (χ4n) is 3.96. The molecule has 1 aliphatic heterocycles. The van der Waals surface area contributed by atoms with E-state index < -0.39 is 0 Å². The molecule has 4 rings (SSSR count). The van der Waals surface area contributed by atoms with Gasteiger partial charge in [-0.15, -0.1) is 11.8 Å². The lowest BCUT2D eigenvalue weighted by Gasteiger charge is -2.29. The van der Waals surface area contributed by atoms with Crippen molar-refractivity contribution in [1.82, 2.24) is 0 Å². The molecule has 0 saturated heterocycles. The second kappa shape index (κ2) is 10.6. The number of carbonyl (C=O) groups is 3. The summed E-state index contributed by atoms with van der Waals surface area (Å²) >= 11 is 1.33. The molecule has 0 radical (unpaired) electrons. The Hall–Kier alpha value is -3.58. The van der Waals surface area contributed by atoms with Crippen LogP contribution in [0.4, 0.5) is 17.1 Å². The maximum Gasteiger partial charge on any atom is 0.256 e. The molecule has 0 aromatic heterocycles. The standard InChI is InChI=1S/C27H27N3O3S/c1-18-9-11-21(12-10-18)28-26(32)17-34-25-8-4-3-7-23(25)27(33)29-22-13-14-24-20(16-22)6-5-15-30(24)19(2)31/h3-4,7-14,16H,5-6,15,17H2,1-2H3,(H,28,32)(H,29,33). The van der Waals surface area contributed by atoms with Gasteiger partial charge >= 0.3 is 0 Å². The van der Waals surface area contributed by atoms with Gasteiger partial charge in [0.1, 0.15) is 0 Å². The first kappa shape index (κ1) is 23.6. The van der Waals surface area contributed by atoms with Crippen LogP contribution in [0.3, 0.4) is 0 Å². The molecule has 174 valence electrons. The Kier molecular flexibility index (Phi) is 7.33. The van der Waals surface area contributed by atoms with Crippen LogP contribution in [-0.2, 0) is 16.0 Å². The van der Waals surface area contributed by atoms with Gasteiger partial charge in [0.2, 0.25) is 11.8 Å². The van der Waals surface area contributed by atoms with Crippen molar-refractivity contribution < 1.29 is 14.4 Å². The lowest BCUT2D eigenvalue weighted by atomic mass is 10.0. The number of aryl methyl sites for hydroxylation is 2. The number of nitrogens with zero attached hydrogens (tertiary/aromatic N) is 1. The minimum atomic E-state index is -0.235. The van der Waals surface area contributed by atoms with E-state index >= 15 is 0 Å². The van der Waals surface area contributed by atoms with Crippen LogP contribution in [0.5, 0.6) is 0 Å². The number of carbonyl (C=O) groups excluding carboxylic acids is 3. The number of rotatable bonds is 6. The summed E-state index contributed by atoms with van der Waals surface area (Å²) in [5.74, 6) is -0.150. The number of amides is 3. The third kappa shape index (κ3) is 5.66. The van der Waals surface area contributed by atoms with E-state index in [1.165, 1.54) is 11.8 Å². The molecule has 7 heteroatoms. The van der Waals surface area contributed by atoms with Gasteiger partial charge in [-0.25, -0.2) is 0 Å². The smallest absolute Gasteiger partial charge is 0.256 e. The molecule has 1 aliphatic rings. The maximum atomic E-state index is 13.1. The van der Waals surface area contributed by atoms with Gasteiger partial charge in [-0.1, -0.05) is 29.8 Å². The summed E-state index contributed by atoms with van der Waals surface area (Å²) < 4.78 is 0. The summed E-state index contributed by atoms with van der Waals surface area (Å²) in [4.78, 5) is 39.9. The second-order valence-electron chi connectivity index (χ2n) is 8.27. The first-order chi connectivity index (χ1) is 16.4. The number of hydrogen-bond donors (Lipinski definition) is 2. The van der Waals surface area contributed by atoms with E-state index in [4.69, 9.17) is 0 Å². The largest absolute Gasteiger partial charge is 0.325 e. The van der Waals surface area contributed by atoms with Crippen LogP contribution in [0.2, 0.25) is 0 Å². The van der Waals surface area contributed by atoms with E-state index in [2.05, 4.69) is 10.6 Å². The number of fused-ring (bicyclic) bond motifs is 1. The number of nitrogens with one attached hydrogen (secondary N) is 2. The highest BCUT2D eigenvalue weighted by molar-refractivity contribution is 8.00. The Morgan fingerprint density at radius 1 is 0.941 bits per heavy atom. The molecule has 1 heterocycles. The van der Waals surface area contributed by atoms with Crippen LogP contribution < -0.4 is 15.5 Å². The first-order valence-electron chi connectivity index (χ1n) is 11.2. The molecule has 0 atom stereocenters. The third-order valence-corrected chi connectivity index (χ3v) is 6.74. The highest BCUT2D eigenvalue weighted by Gasteiger charge is 2.21. The minimum Gasteiger partial charge on any atom is -0.325 e. The van der Waals surface area contributed by atoms with Gasteiger partial charge < -0.3 is 15.5 Å². The number of hydrogen-bond acceptors (Lipinski definition) is 4. The average Bonchev–Trinajstić information content (AvgIpc) is 2.83. The predicted molar refractivity (Wildman–Crippen MR) is 138 cm³/mol. The van der Waals surface area contributed by atoms with Gasteiger partial charge in [-0.3, -0.25) is 14.4 Å². The number of anilines is 3. The second-order valence-corrected chi connectivity index (χ2v) is 9.29. The van der Waals surface area contributed by atoms with Crippen molar-refractivity contribution >= 4 is 46.5 Å². The highest BCUT2D eigenvalue weighted by Crippen LogP contribution is 2.30. The molecule has 6 nitrogen and oxygen atoms in total. The van der Waals surface area contributed by atoms with Crippen molar-refractivity contribution in [2.75, 3.05) is 27.8 Å². The van der Waals surface area contributed by atoms with Gasteiger partial charge in [0, 0.05) is 35.4 Å². The molecule has 2 N–H and O–H groups in total. The van der Waals surface area contributed by atoms with Crippen LogP contribution in [0.15, 0.2) is 71.6 Å². The fourth-order valence-corrected chi connectivity index (χ4v) is 4.81. The number of thioether (sulfide) groups is 1. The van der Waals surface area contributed by atoms with Crippen molar-refractivity contribution in [3.8, 4) is 0 Å². The van der Waals surface area contributed by atoms with Crippen molar-refractivity contribution in [3.05, 3.63) is 83.4 Å². The van der Waals surface area contributed by atoms with Crippen LogP contribution >= 0.6 is 11.8 Å². The average molecular weight is 474 g/mol. The molecular weight excluding hydrogens is 446 g/mol. The first-order valence-corrected chi connectivity index (χ1v) is 12.2. The van der Waals surface area contributed by atoms with Crippen molar-refractivity contribution in [1.29, 1.82) is 0 Å². The van der Waals surface area contributed by atoms with Crippen molar-refractivity contribution in [2.45, 2.75) is 31.6 Å². The van der Waals surface area contributed by atoms with Gasteiger partial charge in [0.05, 0.1) is 11.3 Å². The lowest BCUT2D eigenvalue weighted by molar-refractivity contribution is -0.116. The monoisotopic (exact) mass is 473 g/mol. The Morgan fingerprint density at radius 3 is 2.44 bits per heavy atom. The Morgan fingerprint density at radius 2 is 1.68 bits per heavy atom. The molecule has 3 aromatic carbocycles. The Bertz CT molecular complexity index is 1220. The summed E-state index contributed by atoms with van der Waals surface area (Å²) in [5.41, 5.74) is 5.03. The van der Waals surface area contributed by atoms with Crippen LogP contribution in [0.25, 0.3) is 0 Å². The van der Waals surface area contributed by atoms with E-state index in [0.29, 0.717) is 11.3 Å². The van der Waals surface area contributed by atoms with Crippen LogP contribution in [0.1, 0.15) is 34.8 Å². The van der Waals surface area contributed by atoms with Crippen molar-refractivity contribution in [2.24, 2.45) is 0 Å². The molecule has 0 spiro atoms. The van der Waals surface area contributed by atoms with Gasteiger partial charge in [0.25, 0.3) is 5.91 Å². The SMILES string of the molecule is CC(=O)N1CCCc2cc(NC(=O)c3ccccc3SCC(=O)Nc3ccc(C)cc3)ccc21. The molecule has 0 bridgehead atoms. The normalized spacial score (nSPS) is 12.6. The topological polar surface area (TPSA) is 78.5 Å². The van der Waals surface area contributed by atoms with Crippen LogP contribution in [0, 0.1) is 6.92 Å². The zero-order chi connectivity index (χ0) is 24.1. The Labute approximate surface area is 203 Å². The van der Waals surface area contributed by atoms with E-state index in [1.807, 2.05) is 67.6 Å². The van der Waals surface area contributed by atoms with Crippen LogP contribution in [-0.4, -0.2) is 30.0 Å². The highest BCUT2D eigenvalue weighted by atomic mass is 32.2. The molecule has 0 unspecified atom stereocenters. The zero-order valence-corrected chi connectivity index (χ0v) is 20.1. The van der Waals surface area contributed by atoms with E-state index in [0.717, 1.165) is 46.8 Å². The van der Waals surface area contributed by atoms with E-state index in [1.54, 1.807) is 17.9 Å². The van der Waals surface area contributed by atoms with Gasteiger partial charge in [-0.2, -0.15) is 0 Å². The molecule has 3 amide bonds. The molecule has 3 aromatic rings. The summed E-state index contributed by atoms with van der Waals surface area (Å²) in [6.07, 6.45) is 1.76. The van der Waals surface area contributed by atoms with Gasteiger partial charge in [-0.05, 0) is 67.8 Å². The fraction of sp³-hybridized carbons (Fsp3) is 0.222.